The number of imidazole rings is 1. The molecule has 1 N–H and O–H groups in total. The zero-order chi connectivity index (χ0) is 20.5. The molecule has 4 aromatic rings. The van der Waals surface area contributed by atoms with Crippen LogP contribution in [0.1, 0.15) is 10.4 Å². The Kier molecular flexibility index (Phi) is 4.87. The zero-order valence-corrected chi connectivity index (χ0v) is 16.4. The number of benzene rings is 2. The molecular weight excluding hydrogens is 418 g/mol. The predicted octanol–water partition coefficient (Wildman–Crippen LogP) is 4.28. The number of nitrogens with zero attached hydrogens (tertiary/aromatic N) is 4. The third-order valence-electron chi connectivity index (χ3n) is 4.04. The SMILES string of the molecule is COc1ccc(C(=O)Nc2nn3cc(-c4ccc(Cl)cc4)nc3s2)cc1[N+](=O)[O-]. The van der Waals surface area contributed by atoms with Gasteiger partial charge in [-0.05, 0) is 24.3 Å². The average Bonchev–Trinajstić information content (AvgIpc) is 3.26. The largest absolute Gasteiger partial charge is 0.490 e. The summed E-state index contributed by atoms with van der Waals surface area (Å²) in [5.74, 6) is -0.445. The van der Waals surface area contributed by atoms with Crippen molar-refractivity contribution in [1.82, 2.24) is 14.6 Å². The molecule has 9 nitrogen and oxygen atoms in total. The molecule has 0 spiro atoms. The fraction of sp³-hybridized carbons (Fsp3) is 0.0556. The van der Waals surface area contributed by atoms with Crippen LogP contribution in [-0.4, -0.2) is 32.5 Å². The van der Waals surface area contributed by atoms with E-state index in [9.17, 15) is 14.9 Å². The van der Waals surface area contributed by atoms with E-state index in [2.05, 4.69) is 15.4 Å². The van der Waals surface area contributed by atoms with E-state index in [1.165, 1.54) is 30.6 Å². The topological polar surface area (TPSA) is 112 Å². The maximum absolute atomic E-state index is 12.5. The summed E-state index contributed by atoms with van der Waals surface area (Å²) in [6, 6.07) is 11.2. The zero-order valence-electron chi connectivity index (χ0n) is 14.8. The molecular formula is C18H12ClN5O4S. The van der Waals surface area contributed by atoms with Crippen molar-refractivity contribution in [3.63, 3.8) is 0 Å². The first-order chi connectivity index (χ1) is 13.9. The summed E-state index contributed by atoms with van der Waals surface area (Å²) in [6.45, 7) is 0. The molecule has 0 saturated heterocycles. The summed E-state index contributed by atoms with van der Waals surface area (Å²) in [4.78, 5) is 28.1. The molecule has 0 bridgehead atoms. The third kappa shape index (κ3) is 3.75. The van der Waals surface area contributed by atoms with E-state index >= 15 is 0 Å². The molecule has 146 valence electrons. The summed E-state index contributed by atoms with van der Waals surface area (Å²) < 4.78 is 6.50. The number of methoxy groups -OCH3 is 1. The van der Waals surface area contributed by atoms with E-state index in [4.69, 9.17) is 16.3 Å². The minimum Gasteiger partial charge on any atom is -0.490 e. The Labute approximate surface area is 172 Å². The first kappa shape index (κ1) is 18.8. The first-order valence-corrected chi connectivity index (χ1v) is 9.40. The maximum Gasteiger partial charge on any atom is 0.311 e. The summed E-state index contributed by atoms with van der Waals surface area (Å²) in [5.41, 5.74) is 1.45. The van der Waals surface area contributed by atoms with Crippen molar-refractivity contribution in [2.24, 2.45) is 0 Å². The monoisotopic (exact) mass is 429 g/mol. The first-order valence-electron chi connectivity index (χ1n) is 8.20. The summed E-state index contributed by atoms with van der Waals surface area (Å²) in [6.07, 6.45) is 1.74. The van der Waals surface area contributed by atoms with Crippen molar-refractivity contribution in [3.05, 3.63) is 69.4 Å². The highest BCUT2D eigenvalue weighted by Crippen LogP contribution is 2.29. The average molecular weight is 430 g/mol. The molecule has 0 aliphatic heterocycles. The van der Waals surface area contributed by atoms with Crippen LogP contribution < -0.4 is 10.1 Å². The molecule has 0 radical (unpaired) electrons. The molecule has 0 fully saturated rings. The molecule has 0 saturated carbocycles. The van der Waals surface area contributed by atoms with E-state index in [1.807, 2.05) is 12.1 Å². The van der Waals surface area contributed by atoms with Crippen LogP contribution in [0.15, 0.2) is 48.7 Å². The number of halogens is 1. The predicted molar refractivity (Wildman–Crippen MR) is 109 cm³/mol. The van der Waals surface area contributed by atoms with Crippen LogP contribution in [0.5, 0.6) is 5.75 Å². The quantitative estimate of drug-likeness (QED) is 0.374. The highest BCUT2D eigenvalue weighted by Gasteiger charge is 2.19. The molecule has 11 heteroatoms. The Hall–Kier alpha value is -3.50. The van der Waals surface area contributed by atoms with Crippen LogP contribution in [0, 0.1) is 10.1 Å². The maximum atomic E-state index is 12.5. The van der Waals surface area contributed by atoms with Crippen molar-refractivity contribution in [2.45, 2.75) is 0 Å². The van der Waals surface area contributed by atoms with Crippen molar-refractivity contribution < 1.29 is 14.5 Å². The number of hydrogen-bond acceptors (Lipinski definition) is 7. The van der Waals surface area contributed by atoms with Crippen LogP contribution in [0.3, 0.4) is 0 Å². The molecule has 2 aromatic carbocycles. The lowest BCUT2D eigenvalue weighted by Crippen LogP contribution is -2.12. The van der Waals surface area contributed by atoms with Crippen molar-refractivity contribution >= 4 is 44.6 Å². The highest BCUT2D eigenvalue weighted by molar-refractivity contribution is 7.20. The minimum absolute atomic E-state index is 0.0778. The normalized spacial score (nSPS) is 10.8. The standard InChI is InChI=1S/C18H12ClN5O4S/c1-28-15-7-4-11(8-14(15)24(26)27)16(25)21-17-22-23-9-13(20-18(23)29-17)10-2-5-12(19)6-3-10/h2-9H,1H3,(H,21,22,25). The van der Waals surface area contributed by atoms with Crippen LogP contribution in [0.2, 0.25) is 5.02 Å². The molecule has 29 heavy (non-hydrogen) atoms. The molecule has 0 aliphatic carbocycles. The van der Waals surface area contributed by atoms with E-state index < -0.39 is 10.8 Å². The molecule has 0 atom stereocenters. The van der Waals surface area contributed by atoms with Crippen LogP contribution >= 0.6 is 22.9 Å². The van der Waals surface area contributed by atoms with Crippen molar-refractivity contribution in [1.29, 1.82) is 0 Å². The second-order valence-electron chi connectivity index (χ2n) is 5.87. The highest BCUT2D eigenvalue weighted by atomic mass is 35.5. The Morgan fingerprint density at radius 1 is 1.28 bits per heavy atom. The molecule has 2 aromatic heterocycles. The van der Waals surface area contributed by atoms with Gasteiger partial charge in [0, 0.05) is 22.2 Å². The number of nitrogens with one attached hydrogen (secondary N) is 1. The van der Waals surface area contributed by atoms with Gasteiger partial charge >= 0.3 is 5.69 Å². The molecule has 4 rings (SSSR count). The molecule has 1 amide bonds. The third-order valence-corrected chi connectivity index (χ3v) is 5.13. The Morgan fingerprint density at radius 2 is 2.03 bits per heavy atom. The lowest BCUT2D eigenvalue weighted by Gasteiger charge is -2.04. The minimum atomic E-state index is -0.606. The Bertz CT molecular complexity index is 1200. The van der Waals surface area contributed by atoms with Gasteiger partial charge in [-0.1, -0.05) is 35.1 Å². The number of rotatable bonds is 5. The number of anilines is 1. The fourth-order valence-corrected chi connectivity index (χ4v) is 3.56. The molecule has 2 heterocycles. The smallest absolute Gasteiger partial charge is 0.311 e. The van der Waals surface area contributed by atoms with Crippen molar-refractivity contribution in [3.8, 4) is 17.0 Å². The number of aromatic nitrogens is 3. The summed E-state index contributed by atoms with van der Waals surface area (Å²) in [5, 5.41) is 19.0. The lowest BCUT2D eigenvalue weighted by atomic mass is 10.2. The number of carbonyl (C=O) groups excluding carboxylic acids is 1. The van der Waals surface area contributed by atoms with Crippen LogP contribution in [0.25, 0.3) is 16.2 Å². The van der Waals surface area contributed by atoms with Crippen LogP contribution in [-0.2, 0) is 0 Å². The second kappa shape index (κ2) is 7.49. The summed E-state index contributed by atoms with van der Waals surface area (Å²) >= 11 is 7.08. The number of ether oxygens (including phenoxy) is 1. The molecule has 0 unspecified atom stereocenters. The van der Waals surface area contributed by atoms with Gasteiger partial charge in [0.05, 0.1) is 23.9 Å². The van der Waals surface area contributed by atoms with Gasteiger partial charge in [-0.25, -0.2) is 9.50 Å². The lowest BCUT2D eigenvalue weighted by molar-refractivity contribution is -0.385. The van der Waals surface area contributed by atoms with Gasteiger partial charge in [0.15, 0.2) is 5.75 Å². The van der Waals surface area contributed by atoms with Crippen LogP contribution in [0.4, 0.5) is 10.8 Å². The van der Waals surface area contributed by atoms with Gasteiger partial charge in [0.1, 0.15) is 0 Å². The number of amides is 1. The van der Waals surface area contributed by atoms with E-state index in [0.29, 0.717) is 15.1 Å². The Morgan fingerprint density at radius 3 is 2.69 bits per heavy atom. The number of carbonyl (C=O) groups is 1. The summed E-state index contributed by atoms with van der Waals surface area (Å²) in [7, 11) is 1.33. The number of nitro benzene ring substituents is 1. The fourth-order valence-electron chi connectivity index (χ4n) is 2.65. The number of hydrogen-bond donors (Lipinski definition) is 1. The van der Waals surface area contributed by atoms with Crippen molar-refractivity contribution in [2.75, 3.05) is 12.4 Å². The van der Waals surface area contributed by atoms with E-state index in [0.717, 1.165) is 17.3 Å². The second-order valence-corrected chi connectivity index (χ2v) is 7.26. The number of nitro groups is 1. The Balaban J connectivity index is 1.56. The van der Waals surface area contributed by atoms with Gasteiger partial charge in [-0.3, -0.25) is 20.2 Å². The van der Waals surface area contributed by atoms with Gasteiger partial charge in [0.2, 0.25) is 10.1 Å². The van der Waals surface area contributed by atoms with Gasteiger partial charge in [-0.15, -0.1) is 5.10 Å². The van der Waals surface area contributed by atoms with E-state index in [-0.39, 0.29) is 17.0 Å². The van der Waals surface area contributed by atoms with E-state index in [1.54, 1.807) is 22.8 Å². The molecule has 0 aliphatic rings. The van der Waals surface area contributed by atoms with Gasteiger partial charge < -0.3 is 4.74 Å². The van der Waals surface area contributed by atoms with Gasteiger partial charge in [0.25, 0.3) is 5.91 Å². The number of fused-ring (bicyclic) bond motifs is 1. The van der Waals surface area contributed by atoms with Gasteiger partial charge in [-0.2, -0.15) is 0 Å².